The average Bonchev–Trinajstić information content (AvgIpc) is 3.44. The molecule has 2 N–H and O–H groups in total. The van der Waals surface area contributed by atoms with Crippen molar-refractivity contribution in [2.24, 2.45) is 5.41 Å². The molecule has 0 aliphatic heterocycles. The fourth-order valence-electron chi connectivity index (χ4n) is 4.64. The number of fused-ring (bicyclic) bond motifs is 1. The Balaban J connectivity index is 1.63. The zero-order valence-corrected chi connectivity index (χ0v) is 20.8. The number of benzene rings is 2. The van der Waals surface area contributed by atoms with Gasteiger partial charge in [-0.15, -0.1) is 0 Å². The summed E-state index contributed by atoms with van der Waals surface area (Å²) in [5, 5.41) is 19.8. The van der Waals surface area contributed by atoms with Gasteiger partial charge in [-0.05, 0) is 65.5 Å². The monoisotopic (exact) mass is 543 g/mol. The van der Waals surface area contributed by atoms with Gasteiger partial charge in [0.05, 0.1) is 22.1 Å². The van der Waals surface area contributed by atoms with Gasteiger partial charge in [0.25, 0.3) is 0 Å². The van der Waals surface area contributed by atoms with E-state index in [0.29, 0.717) is 28.7 Å². The van der Waals surface area contributed by atoms with Crippen LogP contribution in [0.15, 0.2) is 51.4 Å². The predicted octanol–water partition coefficient (Wildman–Crippen LogP) is 6.16. The first kappa shape index (κ1) is 24.8. The molecule has 2 aromatic carbocycles. The lowest BCUT2D eigenvalue weighted by atomic mass is 9.85. The van der Waals surface area contributed by atoms with Gasteiger partial charge < -0.3 is 24.3 Å². The van der Waals surface area contributed by atoms with Crippen molar-refractivity contribution in [3.63, 3.8) is 0 Å². The first-order chi connectivity index (χ1) is 16.7. The van der Waals surface area contributed by atoms with E-state index < -0.39 is 23.4 Å². The molecular formula is C26H26BrNO7. The number of aromatic carboxylic acids is 1. The number of aliphatic carboxylic acids is 1. The molecule has 3 aromatic rings. The topological polar surface area (TPSA) is 117 Å². The van der Waals surface area contributed by atoms with Gasteiger partial charge in [-0.2, -0.15) is 0 Å². The number of ether oxygens (including phenoxy) is 1. The molecule has 0 bridgehead atoms. The number of rotatable bonds is 8. The molecule has 9 heteroatoms. The standard InChI is InChI=1S/C26H26BrNO7/c1-2-34-25(33)28(15-26(24(31)32)11-3-4-12-26)14-16-5-10-20-19(13-16)21(27)22(35-20)17-6-8-18(9-7-17)23(29)30/h5-10,13H,2-4,11-12,14-15H2,1H3,(H,29,30)(H,31,32). The molecule has 0 saturated heterocycles. The Hall–Kier alpha value is -3.33. The second kappa shape index (κ2) is 10.1. The summed E-state index contributed by atoms with van der Waals surface area (Å²) >= 11 is 3.60. The molecule has 35 heavy (non-hydrogen) atoms. The predicted molar refractivity (Wildman–Crippen MR) is 132 cm³/mol. The first-order valence-corrected chi connectivity index (χ1v) is 12.2. The maximum Gasteiger partial charge on any atom is 0.410 e. The molecule has 184 valence electrons. The van der Waals surface area contributed by atoms with Crippen molar-refractivity contribution >= 4 is 44.9 Å². The van der Waals surface area contributed by atoms with Crippen LogP contribution in [0.3, 0.4) is 0 Å². The van der Waals surface area contributed by atoms with Crippen molar-refractivity contribution in [1.29, 1.82) is 0 Å². The fourth-order valence-corrected chi connectivity index (χ4v) is 5.26. The van der Waals surface area contributed by atoms with Gasteiger partial charge in [0.2, 0.25) is 0 Å². The highest BCUT2D eigenvalue weighted by atomic mass is 79.9. The van der Waals surface area contributed by atoms with Crippen molar-refractivity contribution in [3.8, 4) is 11.3 Å². The van der Waals surface area contributed by atoms with Gasteiger partial charge in [-0.25, -0.2) is 9.59 Å². The van der Waals surface area contributed by atoms with Crippen molar-refractivity contribution in [3.05, 3.63) is 58.1 Å². The van der Waals surface area contributed by atoms with E-state index in [2.05, 4.69) is 15.9 Å². The lowest BCUT2D eigenvalue weighted by Crippen LogP contribution is -2.44. The molecule has 0 atom stereocenters. The molecule has 0 spiro atoms. The SMILES string of the molecule is CCOC(=O)N(Cc1ccc2oc(-c3ccc(C(=O)O)cc3)c(Br)c2c1)CC1(C(=O)O)CCCC1. The molecule has 1 amide bonds. The normalized spacial score (nSPS) is 14.7. The quantitative estimate of drug-likeness (QED) is 0.349. The molecular weight excluding hydrogens is 518 g/mol. The number of carboxylic acids is 2. The van der Waals surface area contributed by atoms with E-state index in [1.807, 2.05) is 12.1 Å². The maximum atomic E-state index is 12.7. The summed E-state index contributed by atoms with van der Waals surface area (Å²) < 4.78 is 12.0. The molecule has 4 rings (SSSR count). The zero-order valence-electron chi connectivity index (χ0n) is 19.3. The van der Waals surface area contributed by atoms with E-state index in [9.17, 15) is 19.5 Å². The molecule has 1 aromatic heterocycles. The van der Waals surface area contributed by atoms with Crippen molar-refractivity contribution in [2.75, 3.05) is 13.2 Å². The largest absolute Gasteiger partial charge is 0.481 e. The number of furan rings is 1. The zero-order chi connectivity index (χ0) is 25.2. The summed E-state index contributed by atoms with van der Waals surface area (Å²) in [4.78, 5) is 37.4. The molecule has 8 nitrogen and oxygen atoms in total. The van der Waals surface area contributed by atoms with E-state index in [-0.39, 0.29) is 25.3 Å². The molecule has 1 aliphatic rings. The summed E-state index contributed by atoms with van der Waals surface area (Å²) in [6, 6.07) is 11.9. The van der Waals surface area contributed by atoms with Crippen LogP contribution in [-0.2, 0) is 16.1 Å². The molecule has 1 aliphatic carbocycles. The summed E-state index contributed by atoms with van der Waals surface area (Å²) in [6.45, 7) is 2.21. The van der Waals surface area contributed by atoms with Crippen molar-refractivity contribution < 1.29 is 33.8 Å². The summed E-state index contributed by atoms with van der Waals surface area (Å²) in [6.07, 6.45) is 2.19. The molecule has 0 unspecified atom stereocenters. The molecule has 1 heterocycles. The fraction of sp³-hybridized carbons (Fsp3) is 0.346. The first-order valence-electron chi connectivity index (χ1n) is 11.4. The Morgan fingerprint density at radius 2 is 1.77 bits per heavy atom. The van der Waals surface area contributed by atoms with Crippen LogP contribution in [-0.4, -0.2) is 46.3 Å². The van der Waals surface area contributed by atoms with E-state index >= 15 is 0 Å². The van der Waals surface area contributed by atoms with Gasteiger partial charge in [0.1, 0.15) is 11.3 Å². The minimum atomic E-state index is -1.00. The van der Waals surface area contributed by atoms with Gasteiger partial charge in [-0.3, -0.25) is 4.79 Å². The lowest BCUT2D eigenvalue weighted by molar-refractivity contribution is -0.149. The number of carboxylic acid groups (broad SMARTS) is 2. The van der Waals surface area contributed by atoms with E-state index in [4.69, 9.17) is 14.3 Å². The average molecular weight is 544 g/mol. The Morgan fingerprint density at radius 3 is 2.37 bits per heavy atom. The number of carbonyl (C=O) groups is 3. The second-order valence-corrected chi connectivity index (χ2v) is 9.60. The molecule has 1 fully saturated rings. The highest BCUT2D eigenvalue weighted by molar-refractivity contribution is 9.10. The van der Waals surface area contributed by atoms with E-state index in [1.165, 1.54) is 17.0 Å². The smallest absolute Gasteiger partial charge is 0.410 e. The van der Waals surface area contributed by atoms with Crippen molar-refractivity contribution in [1.82, 2.24) is 4.90 Å². The highest BCUT2D eigenvalue weighted by Crippen LogP contribution is 2.41. The maximum absolute atomic E-state index is 12.7. The van der Waals surface area contributed by atoms with Crippen LogP contribution in [0.4, 0.5) is 4.79 Å². The number of halogens is 1. The Bertz CT molecular complexity index is 1260. The number of amides is 1. The number of hydrogen-bond acceptors (Lipinski definition) is 5. The number of hydrogen-bond donors (Lipinski definition) is 2. The number of nitrogens with zero attached hydrogens (tertiary/aromatic N) is 1. The highest BCUT2D eigenvalue weighted by Gasteiger charge is 2.43. The van der Waals surface area contributed by atoms with E-state index in [0.717, 1.165) is 29.4 Å². The third kappa shape index (κ3) is 5.05. The Morgan fingerprint density at radius 1 is 1.09 bits per heavy atom. The number of carbonyl (C=O) groups excluding carboxylic acids is 1. The summed E-state index contributed by atoms with van der Waals surface area (Å²) in [5.74, 6) is -1.32. The summed E-state index contributed by atoms with van der Waals surface area (Å²) in [5.41, 5.74) is 1.38. The molecule has 0 radical (unpaired) electrons. The van der Waals surface area contributed by atoms with Gasteiger partial charge in [-0.1, -0.05) is 31.0 Å². The molecule has 1 saturated carbocycles. The van der Waals surface area contributed by atoms with E-state index in [1.54, 1.807) is 25.1 Å². The van der Waals surface area contributed by atoms with Crippen LogP contribution in [0.1, 0.15) is 48.5 Å². The van der Waals surface area contributed by atoms with Crippen LogP contribution in [0.5, 0.6) is 0 Å². The summed E-state index contributed by atoms with van der Waals surface area (Å²) in [7, 11) is 0. The van der Waals surface area contributed by atoms with Gasteiger partial charge >= 0.3 is 18.0 Å². The van der Waals surface area contributed by atoms with Crippen LogP contribution in [0, 0.1) is 5.41 Å². The van der Waals surface area contributed by atoms with Crippen LogP contribution in [0.2, 0.25) is 0 Å². The van der Waals surface area contributed by atoms with Crippen LogP contribution >= 0.6 is 15.9 Å². The third-order valence-electron chi connectivity index (χ3n) is 6.49. The minimum absolute atomic E-state index is 0.0902. The Labute approximate surface area is 210 Å². The van der Waals surface area contributed by atoms with Gasteiger partial charge in [0, 0.05) is 24.0 Å². The minimum Gasteiger partial charge on any atom is -0.481 e. The third-order valence-corrected chi connectivity index (χ3v) is 7.28. The second-order valence-electron chi connectivity index (χ2n) is 8.81. The lowest BCUT2D eigenvalue weighted by Gasteiger charge is -2.31. The van der Waals surface area contributed by atoms with Crippen LogP contribution in [0.25, 0.3) is 22.3 Å². The van der Waals surface area contributed by atoms with Gasteiger partial charge in [0.15, 0.2) is 0 Å². The Kier molecular flexibility index (Phi) is 7.16. The van der Waals surface area contributed by atoms with Crippen LogP contribution < -0.4 is 0 Å². The van der Waals surface area contributed by atoms with Crippen molar-refractivity contribution in [2.45, 2.75) is 39.2 Å².